The van der Waals surface area contributed by atoms with Gasteiger partial charge in [0.05, 0.1) is 6.16 Å². The second kappa shape index (κ2) is 9.52. The lowest BCUT2D eigenvalue weighted by Crippen LogP contribution is -2.32. The van der Waals surface area contributed by atoms with Crippen LogP contribution >= 0.6 is 7.26 Å². The fourth-order valence-corrected chi connectivity index (χ4v) is 8.31. The Morgan fingerprint density at radius 3 is 1.40 bits per heavy atom. The molecule has 4 aromatic rings. The molecule has 0 aliphatic heterocycles. The maximum Gasteiger partial charge on any atom is 0.293 e. The van der Waals surface area contributed by atoms with Crippen molar-refractivity contribution in [1.29, 1.82) is 0 Å². The molecule has 0 bridgehead atoms. The molecular weight excluding hydrogens is 387 g/mol. The predicted octanol–water partition coefficient (Wildman–Crippen LogP) is 4.85. The first-order valence-corrected chi connectivity index (χ1v) is 12.0. The summed E-state index contributed by atoms with van der Waals surface area (Å²) >= 11 is 0. The number of hydrogen-bond donors (Lipinski definition) is 0. The Balaban J connectivity index is 1.96. The first kappa shape index (κ1) is 20.1. The smallest absolute Gasteiger partial charge is 0.293 e. The van der Waals surface area contributed by atoms with Gasteiger partial charge in [-0.25, -0.2) is 0 Å². The van der Waals surface area contributed by atoms with E-state index < -0.39 is 7.26 Å². The zero-order valence-electron chi connectivity index (χ0n) is 16.7. The Morgan fingerprint density at radius 2 is 0.967 bits per heavy atom. The van der Waals surface area contributed by atoms with Crippen LogP contribution in [0, 0.1) is 0 Å². The van der Waals surface area contributed by atoms with Gasteiger partial charge in [-0.2, -0.15) is 0 Å². The Morgan fingerprint density at radius 1 is 0.567 bits per heavy atom. The summed E-state index contributed by atoms with van der Waals surface area (Å²) < 4.78 is 5.12. The molecule has 0 N–H and O–H groups in total. The number of ether oxygens (including phenoxy) is 1. The summed E-state index contributed by atoms with van der Waals surface area (Å²) in [6.07, 6.45) is 0.865. The Bertz CT molecular complexity index is 983. The van der Waals surface area contributed by atoms with Gasteiger partial charge in [-0.05, 0) is 47.5 Å². The van der Waals surface area contributed by atoms with Crippen LogP contribution < -0.4 is 15.9 Å². The molecular formula is C27H24O2P+. The van der Waals surface area contributed by atoms with Crippen LogP contribution in [-0.4, -0.2) is 6.47 Å². The molecule has 0 aliphatic carbocycles. The van der Waals surface area contributed by atoms with Crippen molar-refractivity contribution in [2.45, 2.75) is 12.8 Å². The second-order valence-electron chi connectivity index (χ2n) is 7.15. The summed E-state index contributed by atoms with van der Waals surface area (Å²) in [5.74, 6) is 0. The zero-order chi connectivity index (χ0) is 20.7. The first-order chi connectivity index (χ1) is 14.8. The largest absolute Gasteiger partial charge is 0.463 e. The molecule has 148 valence electrons. The molecule has 0 aromatic heterocycles. The lowest BCUT2D eigenvalue weighted by Gasteiger charge is -2.28. The lowest BCUT2D eigenvalue weighted by molar-refractivity contribution is -0.129. The van der Waals surface area contributed by atoms with E-state index in [0.29, 0.717) is 6.47 Å². The number of carbonyl (C=O) groups is 1. The summed E-state index contributed by atoms with van der Waals surface area (Å²) in [6, 6.07) is 40.7. The number of rotatable bonds is 8. The molecule has 0 heterocycles. The third-order valence-corrected chi connectivity index (χ3v) is 9.78. The fraction of sp³-hybridized carbons (Fsp3) is 0.0741. The van der Waals surface area contributed by atoms with E-state index in [1.807, 2.05) is 6.07 Å². The maximum absolute atomic E-state index is 10.8. The van der Waals surface area contributed by atoms with Gasteiger partial charge in [0.2, 0.25) is 0 Å². The van der Waals surface area contributed by atoms with Crippen molar-refractivity contribution in [1.82, 2.24) is 0 Å². The molecule has 3 heteroatoms. The molecule has 0 spiro atoms. The van der Waals surface area contributed by atoms with E-state index in [1.165, 1.54) is 21.5 Å². The standard InChI is InChI=1S/C27H24O2P/c28-22-29-20-23-12-10-11-13-24(23)21-30(25-14-4-1-5-15-25,26-16-6-2-7-17-26)27-18-8-3-9-19-27/h1-19,22H,20-21H2/q+1. The maximum atomic E-state index is 10.8. The minimum Gasteiger partial charge on any atom is -0.463 e. The summed E-state index contributed by atoms with van der Waals surface area (Å²) in [7, 11) is -1.98. The third kappa shape index (κ3) is 4.06. The Hall–Kier alpha value is -3.22. The van der Waals surface area contributed by atoms with Gasteiger partial charge in [-0.1, -0.05) is 78.9 Å². The van der Waals surface area contributed by atoms with Gasteiger partial charge < -0.3 is 4.74 Å². The Kier molecular flexibility index (Phi) is 6.37. The van der Waals surface area contributed by atoms with Gasteiger partial charge in [-0.15, -0.1) is 0 Å². The van der Waals surface area contributed by atoms with E-state index in [4.69, 9.17) is 4.74 Å². The highest BCUT2D eigenvalue weighted by Crippen LogP contribution is 2.58. The SMILES string of the molecule is O=COCc1ccccc1C[P+](c1ccccc1)(c1ccccc1)c1ccccc1. The minimum absolute atomic E-state index is 0.290. The van der Waals surface area contributed by atoms with E-state index in [9.17, 15) is 4.79 Å². The van der Waals surface area contributed by atoms with Gasteiger partial charge in [0, 0.05) is 0 Å². The molecule has 30 heavy (non-hydrogen) atoms. The van der Waals surface area contributed by atoms with Crippen molar-refractivity contribution >= 4 is 29.6 Å². The molecule has 0 aliphatic rings. The molecule has 4 rings (SSSR count). The highest BCUT2D eigenvalue weighted by atomic mass is 31.2. The molecule has 0 amide bonds. The highest BCUT2D eigenvalue weighted by Gasteiger charge is 2.45. The topological polar surface area (TPSA) is 26.3 Å². The van der Waals surface area contributed by atoms with Crippen LogP contribution in [0.2, 0.25) is 0 Å². The van der Waals surface area contributed by atoms with Gasteiger partial charge >= 0.3 is 0 Å². The highest BCUT2D eigenvalue weighted by molar-refractivity contribution is 7.95. The van der Waals surface area contributed by atoms with Gasteiger partial charge in [0.25, 0.3) is 6.47 Å². The molecule has 0 saturated heterocycles. The number of carbonyl (C=O) groups excluding carboxylic acids is 1. The first-order valence-electron chi connectivity index (χ1n) is 10.0. The summed E-state index contributed by atoms with van der Waals surface area (Å²) in [5, 5.41) is 4.02. The normalized spacial score (nSPS) is 11.1. The third-order valence-electron chi connectivity index (χ3n) is 5.42. The predicted molar refractivity (Wildman–Crippen MR) is 126 cm³/mol. The second-order valence-corrected chi connectivity index (χ2v) is 10.6. The molecule has 0 atom stereocenters. The minimum atomic E-state index is -1.98. The Labute approximate surface area is 178 Å². The summed E-state index contributed by atoms with van der Waals surface area (Å²) in [4.78, 5) is 10.8. The molecule has 0 saturated carbocycles. The van der Waals surface area contributed by atoms with Crippen molar-refractivity contribution in [3.63, 3.8) is 0 Å². The van der Waals surface area contributed by atoms with E-state index >= 15 is 0 Å². The molecule has 0 unspecified atom stereocenters. The summed E-state index contributed by atoms with van der Waals surface area (Å²) in [6.45, 7) is 0.808. The average Bonchev–Trinajstić information content (AvgIpc) is 2.83. The van der Waals surface area contributed by atoms with Crippen molar-refractivity contribution in [3.05, 3.63) is 126 Å². The van der Waals surface area contributed by atoms with E-state index in [1.54, 1.807) is 0 Å². The molecule has 2 nitrogen and oxygen atoms in total. The molecule has 0 radical (unpaired) electrons. The fourth-order valence-electron chi connectivity index (χ4n) is 4.00. The quantitative estimate of drug-likeness (QED) is 0.306. The van der Waals surface area contributed by atoms with Crippen LogP contribution in [-0.2, 0) is 22.3 Å². The van der Waals surface area contributed by atoms with Crippen LogP contribution in [0.3, 0.4) is 0 Å². The van der Waals surface area contributed by atoms with Gasteiger partial charge in [0.15, 0.2) is 0 Å². The van der Waals surface area contributed by atoms with Crippen molar-refractivity contribution < 1.29 is 9.53 Å². The lowest BCUT2D eigenvalue weighted by atomic mass is 10.1. The monoisotopic (exact) mass is 411 g/mol. The van der Waals surface area contributed by atoms with Crippen molar-refractivity contribution in [2.24, 2.45) is 0 Å². The molecule has 4 aromatic carbocycles. The van der Waals surface area contributed by atoms with Crippen LogP contribution in [0.4, 0.5) is 0 Å². The van der Waals surface area contributed by atoms with Gasteiger partial charge in [0.1, 0.15) is 29.8 Å². The zero-order valence-corrected chi connectivity index (χ0v) is 17.6. The number of hydrogen-bond acceptors (Lipinski definition) is 2. The molecule has 0 fully saturated rings. The summed E-state index contributed by atoms with van der Waals surface area (Å²) in [5.41, 5.74) is 2.26. The van der Waals surface area contributed by atoms with E-state index in [0.717, 1.165) is 11.7 Å². The van der Waals surface area contributed by atoms with Crippen molar-refractivity contribution in [2.75, 3.05) is 0 Å². The van der Waals surface area contributed by atoms with Crippen LogP contribution in [0.15, 0.2) is 115 Å². The van der Waals surface area contributed by atoms with Crippen LogP contribution in [0.25, 0.3) is 0 Å². The van der Waals surface area contributed by atoms with Crippen LogP contribution in [0.5, 0.6) is 0 Å². The number of benzene rings is 4. The van der Waals surface area contributed by atoms with Gasteiger partial charge in [-0.3, -0.25) is 4.79 Å². The van der Waals surface area contributed by atoms with Crippen LogP contribution in [0.1, 0.15) is 11.1 Å². The van der Waals surface area contributed by atoms with Crippen molar-refractivity contribution in [3.8, 4) is 0 Å². The average molecular weight is 411 g/mol. The van der Waals surface area contributed by atoms with E-state index in [2.05, 4.69) is 109 Å². The van der Waals surface area contributed by atoms with E-state index in [-0.39, 0.29) is 6.61 Å².